The van der Waals surface area contributed by atoms with Crippen LogP contribution in [0.15, 0.2) is 51.9 Å². The third-order valence-electron chi connectivity index (χ3n) is 4.39. The molecule has 0 spiro atoms. The Labute approximate surface area is 147 Å². The summed E-state index contributed by atoms with van der Waals surface area (Å²) in [5.74, 6) is -0.372. The van der Waals surface area contributed by atoms with Crippen LogP contribution in [0.5, 0.6) is 0 Å². The molecule has 120 valence electrons. The number of aryl methyl sites for hydroxylation is 3. The zero-order chi connectivity index (χ0) is 16.8. The van der Waals surface area contributed by atoms with E-state index in [9.17, 15) is 9.59 Å². The summed E-state index contributed by atoms with van der Waals surface area (Å²) >= 11 is 3.45. The molecule has 2 aromatic carbocycles. The molecule has 2 heterocycles. The summed E-state index contributed by atoms with van der Waals surface area (Å²) in [4.78, 5) is 25.4. The number of anilines is 1. The summed E-state index contributed by atoms with van der Waals surface area (Å²) in [6, 6.07) is 11.3. The number of hydrogen-bond acceptors (Lipinski definition) is 2. The van der Waals surface area contributed by atoms with E-state index in [1.54, 1.807) is 12.3 Å². The standard InChI is InChI=1S/C19H15BrN2O2/c1-11-2-4-14(5-3-11)21-19(24)16-10-22-7-6-12-8-13(20)9-15(17(12)22)18(16)23/h2-5,8-10H,6-7H2,1H3,(H,21,24). The lowest BCUT2D eigenvalue weighted by atomic mass is 10.1. The number of halogens is 1. The Morgan fingerprint density at radius 3 is 2.71 bits per heavy atom. The van der Waals surface area contributed by atoms with E-state index in [1.165, 1.54) is 0 Å². The molecule has 4 nitrogen and oxygen atoms in total. The number of nitrogens with one attached hydrogen (secondary N) is 1. The molecule has 4 rings (SSSR count). The molecule has 1 aliphatic heterocycles. The van der Waals surface area contributed by atoms with Gasteiger partial charge in [0.25, 0.3) is 5.91 Å². The average molecular weight is 383 g/mol. The maximum absolute atomic E-state index is 12.8. The van der Waals surface area contributed by atoms with Gasteiger partial charge in [-0.1, -0.05) is 33.6 Å². The van der Waals surface area contributed by atoms with Crippen molar-refractivity contribution in [1.82, 2.24) is 4.57 Å². The van der Waals surface area contributed by atoms with Crippen molar-refractivity contribution in [2.45, 2.75) is 19.9 Å². The van der Waals surface area contributed by atoms with Crippen LogP contribution >= 0.6 is 15.9 Å². The molecule has 1 N–H and O–H groups in total. The van der Waals surface area contributed by atoms with E-state index in [-0.39, 0.29) is 16.9 Å². The number of carbonyl (C=O) groups is 1. The van der Waals surface area contributed by atoms with Crippen molar-refractivity contribution in [3.05, 3.63) is 74.0 Å². The van der Waals surface area contributed by atoms with Gasteiger partial charge in [-0.05, 0) is 43.2 Å². The summed E-state index contributed by atoms with van der Waals surface area (Å²) in [5, 5.41) is 3.40. The van der Waals surface area contributed by atoms with E-state index in [4.69, 9.17) is 0 Å². The molecule has 0 atom stereocenters. The number of pyridine rings is 1. The monoisotopic (exact) mass is 382 g/mol. The molecule has 0 unspecified atom stereocenters. The lowest BCUT2D eigenvalue weighted by molar-refractivity contribution is 0.102. The topological polar surface area (TPSA) is 51.1 Å². The zero-order valence-electron chi connectivity index (χ0n) is 13.1. The molecule has 1 aromatic heterocycles. The van der Waals surface area contributed by atoms with Gasteiger partial charge in [0, 0.05) is 28.3 Å². The Bertz CT molecular complexity index is 1040. The average Bonchev–Trinajstić information content (AvgIpc) is 2.96. The molecule has 5 heteroatoms. The Kier molecular flexibility index (Phi) is 3.53. The Morgan fingerprint density at radius 1 is 1.21 bits per heavy atom. The van der Waals surface area contributed by atoms with Crippen molar-refractivity contribution in [3.63, 3.8) is 0 Å². The van der Waals surface area contributed by atoms with Gasteiger partial charge in [-0.25, -0.2) is 0 Å². The number of nitrogens with zero attached hydrogens (tertiary/aromatic N) is 1. The van der Waals surface area contributed by atoms with Gasteiger partial charge in [0.05, 0.1) is 5.52 Å². The highest BCUT2D eigenvalue weighted by Crippen LogP contribution is 2.28. The van der Waals surface area contributed by atoms with Crippen molar-refractivity contribution >= 4 is 38.4 Å². The van der Waals surface area contributed by atoms with E-state index < -0.39 is 0 Å². The SMILES string of the molecule is Cc1ccc(NC(=O)c2cn3c4c(cc(Br)cc4c2=O)CC3)cc1. The van der Waals surface area contributed by atoms with E-state index in [2.05, 4.69) is 21.2 Å². The number of hydrogen-bond donors (Lipinski definition) is 1. The Hall–Kier alpha value is -2.40. The summed E-state index contributed by atoms with van der Waals surface area (Å²) in [6.45, 7) is 2.77. The smallest absolute Gasteiger partial charge is 0.261 e. The van der Waals surface area contributed by atoms with Gasteiger partial charge in [0.15, 0.2) is 0 Å². The first kappa shape index (κ1) is 15.1. The van der Waals surface area contributed by atoms with Gasteiger partial charge in [0.2, 0.25) is 5.43 Å². The van der Waals surface area contributed by atoms with Gasteiger partial charge < -0.3 is 9.88 Å². The van der Waals surface area contributed by atoms with E-state index in [0.717, 1.165) is 34.1 Å². The summed E-state index contributed by atoms with van der Waals surface area (Å²) in [5.41, 5.74) is 3.83. The van der Waals surface area contributed by atoms with Crippen molar-refractivity contribution in [3.8, 4) is 0 Å². The second kappa shape index (κ2) is 5.60. The second-order valence-corrected chi connectivity index (χ2v) is 7.01. The molecular formula is C19H15BrN2O2. The number of carbonyl (C=O) groups excluding carboxylic acids is 1. The van der Waals surface area contributed by atoms with Crippen LogP contribution in [-0.4, -0.2) is 10.5 Å². The second-order valence-electron chi connectivity index (χ2n) is 6.10. The van der Waals surface area contributed by atoms with Gasteiger partial charge in [0.1, 0.15) is 5.56 Å². The molecule has 0 bridgehead atoms. The quantitative estimate of drug-likeness (QED) is 0.730. The predicted octanol–water partition coefficient (Wildman–Crippen LogP) is 3.88. The fraction of sp³-hybridized carbons (Fsp3) is 0.158. The Balaban J connectivity index is 1.80. The predicted molar refractivity (Wildman–Crippen MR) is 98.7 cm³/mol. The zero-order valence-corrected chi connectivity index (χ0v) is 14.7. The normalized spacial score (nSPS) is 12.6. The van der Waals surface area contributed by atoms with Crippen LogP contribution in [0.4, 0.5) is 5.69 Å². The lowest BCUT2D eigenvalue weighted by Crippen LogP contribution is -2.23. The highest BCUT2D eigenvalue weighted by Gasteiger charge is 2.21. The molecule has 0 saturated carbocycles. The van der Waals surface area contributed by atoms with Gasteiger partial charge in [-0.3, -0.25) is 9.59 Å². The number of aromatic nitrogens is 1. The van der Waals surface area contributed by atoms with Crippen molar-refractivity contribution < 1.29 is 4.79 Å². The number of benzene rings is 2. The van der Waals surface area contributed by atoms with Gasteiger partial charge in [-0.2, -0.15) is 0 Å². The van der Waals surface area contributed by atoms with Gasteiger partial charge in [-0.15, -0.1) is 0 Å². The molecule has 1 aliphatic rings. The fourth-order valence-electron chi connectivity index (χ4n) is 3.20. The molecular weight excluding hydrogens is 368 g/mol. The van der Waals surface area contributed by atoms with Crippen molar-refractivity contribution in [2.24, 2.45) is 0 Å². The van der Waals surface area contributed by atoms with Crippen LogP contribution in [-0.2, 0) is 13.0 Å². The summed E-state index contributed by atoms with van der Waals surface area (Å²) in [7, 11) is 0. The summed E-state index contributed by atoms with van der Waals surface area (Å²) in [6.07, 6.45) is 2.55. The lowest BCUT2D eigenvalue weighted by Gasteiger charge is -2.10. The van der Waals surface area contributed by atoms with Crippen molar-refractivity contribution in [1.29, 1.82) is 0 Å². The minimum absolute atomic E-state index is 0.175. The van der Waals surface area contributed by atoms with Crippen LogP contribution in [0, 0.1) is 6.92 Å². The first-order valence-electron chi connectivity index (χ1n) is 7.76. The highest BCUT2D eigenvalue weighted by atomic mass is 79.9. The molecule has 0 fully saturated rings. The number of rotatable bonds is 2. The van der Waals surface area contributed by atoms with Crippen LogP contribution in [0.2, 0.25) is 0 Å². The molecule has 24 heavy (non-hydrogen) atoms. The van der Waals surface area contributed by atoms with Crippen LogP contribution < -0.4 is 10.7 Å². The summed E-state index contributed by atoms with van der Waals surface area (Å²) < 4.78 is 2.87. The van der Waals surface area contributed by atoms with Crippen LogP contribution in [0.25, 0.3) is 10.9 Å². The highest BCUT2D eigenvalue weighted by molar-refractivity contribution is 9.10. The molecule has 1 amide bonds. The van der Waals surface area contributed by atoms with E-state index in [1.807, 2.05) is 41.8 Å². The number of amides is 1. The third kappa shape index (κ3) is 2.45. The molecule has 0 aliphatic carbocycles. The maximum atomic E-state index is 12.8. The molecule has 0 saturated heterocycles. The van der Waals surface area contributed by atoms with Crippen LogP contribution in [0.3, 0.4) is 0 Å². The molecule has 0 radical (unpaired) electrons. The van der Waals surface area contributed by atoms with E-state index >= 15 is 0 Å². The largest absolute Gasteiger partial charge is 0.346 e. The van der Waals surface area contributed by atoms with Crippen LogP contribution in [0.1, 0.15) is 21.5 Å². The maximum Gasteiger partial charge on any atom is 0.261 e. The minimum atomic E-state index is -0.372. The van der Waals surface area contributed by atoms with E-state index in [0.29, 0.717) is 11.1 Å². The first-order valence-corrected chi connectivity index (χ1v) is 8.56. The van der Waals surface area contributed by atoms with Crippen molar-refractivity contribution in [2.75, 3.05) is 5.32 Å². The fourth-order valence-corrected chi connectivity index (χ4v) is 3.70. The first-order chi connectivity index (χ1) is 11.5. The third-order valence-corrected chi connectivity index (χ3v) is 4.85. The Morgan fingerprint density at radius 2 is 1.96 bits per heavy atom. The van der Waals surface area contributed by atoms with Gasteiger partial charge >= 0.3 is 0 Å². The minimum Gasteiger partial charge on any atom is -0.346 e. The molecule has 3 aromatic rings.